The molecule has 12 heteroatoms. The number of hydrogen-bond donors (Lipinski definition) is 4. The predicted molar refractivity (Wildman–Crippen MR) is 217 cm³/mol. The Labute approximate surface area is 333 Å². The number of ether oxygens (including phenoxy) is 2. The molecule has 308 valence electrons. The number of rotatable bonds is 22. The number of hydrogen-bond acceptors (Lipinski definition) is 8. The third-order valence-corrected chi connectivity index (χ3v) is 10.9. The minimum absolute atomic E-state index is 0.0136. The minimum Gasteiger partial charge on any atom is -0.379 e. The van der Waals surface area contributed by atoms with Gasteiger partial charge in [-0.25, -0.2) is 0 Å². The largest absolute Gasteiger partial charge is 0.379 e. The summed E-state index contributed by atoms with van der Waals surface area (Å²) in [5, 5.41) is 11.8. The van der Waals surface area contributed by atoms with Gasteiger partial charge in [0.1, 0.15) is 23.7 Å². The molecule has 2 unspecified atom stereocenters. The second kappa shape index (κ2) is 21.4. The molecule has 12 nitrogen and oxygen atoms in total. The molecule has 56 heavy (non-hydrogen) atoms. The highest BCUT2D eigenvalue weighted by Gasteiger charge is 2.50. The number of ketones is 1. The first kappa shape index (κ1) is 44.6. The smallest absolute Gasteiger partial charge is 0.243 e. The Balaban J connectivity index is 1.51. The lowest BCUT2D eigenvalue weighted by Gasteiger charge is -2.35. The van der Waals surface area contributed by atoms with Gasteiger partial charge in [-0.15, -0.1) is 0 Å². The SMILES string of the molecule is CC(C)C[C@H](NC(=O)[C@H](CCc1ccccc1)NC(=O)CC(C)C(C)N1CCOCC1)C(=O)N[C@@H](Cc1ccccc1)C(=O)N[C@@H](CC(C)C)C(=O)[C@@]1(C)CO1. The van der Waals surface area contributed by atoms with E-state index in [0.29, 0.717) is 45.5 Å². The van der Waals surface area contributed by atoms with E-state index in [1.54, 1.807) is 6.92 Å². The Kier molecular flexibility index (Phi) is 17.0. The molecule has 2 aromatic carbocycles. The van der Waals surface area contributed by atoms with Crippen LogP contribution >= 0.6 is 0 Å². The van der Waals surface area contributed by atoms with E-state index in [2.05, 4.69) is 33.1 Å². The molecule has 4 N–H and O–H groups in total. The third kappa shape index (κ3) is 14.1. The topological polar surface area (TPSA) is 158 Å². The van der Waals surface area contributed by atoms with E-state index >= 15 is 0 Å². The first-order valence-electron chi connectivity index (χ1n) is 20.4. The van der Waals surface area contributed by atoms with Crippen molar-refractivity contribution in [2.45, 2.75) is 123 Å². The number of nitrogens with zero attached hydrogens (tertiary/aromatic N) is 1. The number of benzene rings is 2. The normalized spacial score (nSPS) is 20.2. The zero-order chi connectivity index (χ0) is 40.8. The van der Waals surface area contributed by atoms with E-state index in [0.717, 1.165) is 24.2 Å². The molecule has 0 aromatic heterocycles. The zero-order valence-corrected chi connectivity index (χ0v) is 34.5. The first-order valence-corrected chi connectivity index (χ1v) is 20.4. The highest BCUT2D eigenvalue weighted by atomic mass is 16.6. The van der Waals surface area contributed by atoms with Crippen LogP contribution in [-0.2, 0) is 46.3 Å². The lowest BCUT2D eigenvalue weighted by atomic mass is 9.93. The summed E-state index contributed by atoms with van der Waals surface area (Å²) >= 11 is 0. The predicted octanol–water partition coefficient (Wildman–Crippen LogP) is 4.00. The summed E-state index contributed by atoms with van der Waals surface area (Å²) < 4.78 is 10.9. The molecule has 7 atom stereocenters. The molecule has 0 spiro atoms. The van der Waals surface area contributed by atoms with Crippen molar-refractivity contribution in [1.82, 2.24) is 26.2 Å². The molecule has 0 aliphatic carbocycles. The monoisotopic (exact) mass is 775 g/mol. The highest BCUT2D eigenvalue weighted by Crippen LogP contribution is 2.30. The molecule has 2 fully saturated rings. The molecular weight excluding hydrogens is 711 g/mol. The van der Waals surface area contributed by atoms with Gasteiger partial charge in [-0.2, -0.15) is 0 Å². The van der Waals surface area contributed by atoms with E-state index in [-0.39, 0.29) is 48.3 Å². The summed E-state index contributed by atoms with van der Waals surface area (Å²) in [7, 11) is 0. The van der Waals surface area contributed by atoms with Gasteiger partial charge in [0.2, 0.25) is 23.6 Å². The second-order valence-corrected chi connectivity index (χ2v) is 16.7. The molecule has 2 aliphatic heterocycles. The Morgan fingerprint density at radius 2 is 1.18 bits per heavy atom. The highest BCUT2D eigenvalue weighted by molar-refractivity contribution is 5.98. The zero-order valence-electron chi connectivity index (χ0n) is 34.5. The lowest BCUT2D eigenvalue weighted by Crippen LogP contribution is -2.59. The molecule has 4 amide bonds. The van der Waals surface area contributed by atoms with Crippen molar-refractivity contribution in [2.75, 3.05) is 32.9 Å². The summed E-state index contributed by atoms with van der Waals surface area (Å²) in [6.07, 6.45) is 2.01. The second-order valence-electron chi connectivity index (χ2n) is 16.7. The van der Waals surface area contributed by atoms with Crippen molar-refractivity contribution in [3.05, 3.63) is 71.8 Å². The Hall–Kier alpha value is -4.13. The Morgan fingerprint density at radius 1 is 0.679 bits per heavy atom. The minimum atomic E-state index is -1.03. The van der Waals surface area contributed by atoms with Crippen LogP contribution in [0.5, 0.6) is 0 Å². The average Bonchev–Trinajstić information content (AvgIpc) is 3.93. The lowest BCUT2D eigenvalue weighted by molar-refractivity contribution is -0.135. The van der Waals surface area contributed by atoms with Crippen molar-refractivity contribution in [3.8, 4) is 0 Å². The summed E-state index contributed by atoms with van der Waals surface area (Å²) in [4.78, 5) is 71.6. The van der Waals surface area contributed by atoms with Gasteiger partial charge in [-0.3, -0.25) is 28.9 Å². The first-order chi connectivity index (χ1) is 26.6. The Bertz CT molecular complexity index is 1580. The molecule has 2 heterocycles. The van der Waals surface area contributed by atoms with Crippen molar-refractivity contribution in [1.29, 1.82) is 0 Å². The fraction of sp³-hybridized carbons (Fsp3) is 0.614. The maximum Gasteiger partial charge on any atom is 0.243 e. The number of morpholine rings is 1. The summed E-state index contributed by atoms with van der Waals surface area (Å²) in [5.41, 5.74) is 0.919. The van der Waals surface area contributed by atoms with Crippen LogP contribution in [-0.4, -0.2) is 103 Å². The van der Waals surface area contributed by atoms with Crippen LogP contribution in [0.3, 0.4) is 0 Å². The van der Waals surface area contributed by atoms with Crippen molar-refractivity contribution in [3.63, 3.8) is 0 Å². The quantitative estimate of drug-likeness (QED) is 0.131. The van der Waals surface area contributed by atoms with Gasteiger partial charge in [0.05, 0.1) is 25.9 Å². The number of carbonyl (C=O) groups is 5. The van der Waals surface area contributed by atoms with Gasteiger partial charge >= 0.3 is 0 Å². The number of carbonyl (C=O) groups excluding carboxylic acids is 5. The fourth-order valence-electron chi connectivity index (χ4n) is 7.19. The average molecular weight is 776 g/mol. The number of Topliss-reactive ketones (excluding diaryl/α,β-unsaturated/α-hetero) is 1. The maximum atomic E-state index is 14.2. The summed E-state index contributed by atoms with van der Waals surface area (Å²) in [6.45, 7) is 17.0. The van der Waals surface area contributed by atoms with Crippen molar-refractivity contribution < 1.29 is 33.4 Å². The van der Waals surface area contributed by atoms with Gasteiger partial charge < -0.3 is 30.7 Å². The fourth-order valence-corrected chi connectivity index (χ4v) is 7.19. The number of epoxide rings is 1. The number of amides is 4. The van der Waals surface area contributed by atoms with Crippen LogP contribution in [0.4, 0.5) is 0 Å². The van der Waals surface area contributed by atoms with E-state index in [1.807, 2.05) is 95.3 Å². The molecule has 0 saturated carbocycles. The van der Waals surface area contributed by atoms with E-state index < -0.39 is 47.5 Å². The van der Waals surface area contributed by atoms with Crippen molar-refractivity contribution in [2.24, 2.45) is 17.8 Å². The molecular formula is C44H65N5O7. The standard InChI is InChI=1S/C44H65N5O7/c1-29(2)24-36(40(51)44(7)28-56-44)46-43(54)38(27-34-16-12-9-13-17-34)48-42(53)37(25-30(3)4)47-41(52)35(19-18-33-14-10-8-11-15-33)45-39(50)26-31(5)32(6)49-20-22-55-23-21-49/h8-17,29-32,35-38H,18-28H2,1-7H3,(H,45,50)(H,46,54)(H,47,52)(H,48,53)/t31?,32?,35-,36-,37-,38-,44+/m0/s1. The van der Waals surface area contributed by atoms with Crippen LogP contribution in [0.2, 0.25) is 0 Å². The molecule has 2 saturated heterocycles. The van der Waals surface area contributed by atoms with Crippen LogP contribution in [0.15, 0.2) is 60.7 Å². The maximum absolute atomic E-state index is 14.2. The molecule has 2 aliphatic rings. The summed E-state index contributed by atoms with van der Waals surface area (Å²) in [6, 6.07) is 15.5. The number of aryl methyl sites for hydroxylation is 1. The molecule has 0 bridgehead atoms. The van der Waals surface area contributed by atoms with Gasteiger partial charge in [0.25, 0.3) is 0 Å². The molecule has 2 aromatic rings. The Morgan fingerprint density at radius 3 is 1.75 bits per heavy atom. The van der Waals surface area contributed by atoms with Gasteiger partial charge in [-0.1, -0.05) is 95.3 Å². The molecule has 0 radical (unpaired) electrons. The van der Waals surface area contributed by atoms with Gasteiger partial charge in [0, 0.05) is 32.0 Å². The van der Waals surface area contributed by atoms with Crippen molar-refractivity contribution >= 4 is 29.4 Å². The van der Waals surface area contributed by atoms with Crippen LogP contribution in [0.1, 0.15) is 85.3 Å². The van der Waals surface area contributed by atoms with Gasteiger partial charge in [0.15, 0.2) is 5.78 Å². The van der Waals surface area contributed by atoms with E-state index in [9.17, 15) is 24.0 Å². The van der Waals surface area contributed by atoms with E-state index in [4.69, 9.17) is 9.47 Å². The third-order valence-electron chi connectivity index (χ3n) is 10.9. The van der Waals surface area contributed by atoms with Crippen LogP contribution < -0.4 is 21.3 Å². The number of nitrogens with one attached hydrogen (secondary N) is 4. The summed E-state index contributed by atoms with van der Waals surface area (Å²) in [5.74, 6) is -1.73. The van der Waals surface area contributed by atoms with Crippen LogP contribution in [0, 0.1) is 17.8 Å². The van der Waals surface area contributed by atoms with E-state index in [1.165, 1.54) is 0 Å². The molecule has 4 rings (SSSR count). The van der Waals surface area contributed by atoms with Gasteiger partial charge in [-0.05, 0) is 68.4 Å². The van der Waals surface area contributed by atoms with Crippen LogP contribution in [0.25, 0.3) is 0 Å².